The van der Waals surface area contributed by atoms with Crippen molar-refractivity contribution in [1.29, 1.82) is 5.26 Å². The van der Waals surface area contributed by atoms with Crippen LogP contribution in [0, 0.1) is 17.2 Å². The van der Waals surface area contributed by atoms with Gasteiger partial charge in [-0.2, -0.15) is 5.26 Å². The molecule has 27 heavy (non-hydrogen) atoms. The Morgan fingerprint density at radius 3 is 2.22 bits per heavy atom. The van der Waals surface area contributed by atoms with Crippen LogP contribution in [0.4, 0.5) is 0 Å². The molecular formula is C22H23N3OS. The smallest absolute Gasteiger partial charge is 0.251 e. The lowest BCUT2D eigenvalue weighted by atomic mass is 9.79. The molecule has 0 unspecified atom stereocenters. The largest absolute Gasteiger partial charge is 0.347 e. The molecule has 0 radical (unpaired) electrons. The highest BCUT2D eigenvalue weighted by molar-refractivity contribution is 7.99. The summed E-state index contributed by atoms with van der Waals surface area (Å²) in [7, 11) is 0. The number of nitrogens with one attached hydrogen (secondary N) is 1. The zero-order valence-corrected chi connectivity index (χ0v) is 16.2. The fourth-order valence-corrected chi connectivity index (χ4v) is 5.00. The Kier molecular flexibility index (Phi) is 5.20. The van der Waals surface area contributed by atoms with Crippen molar-refractivity contribution in [2.75, 3.05) is 13.1 Å². The number of fused-ring (bicyclic) bond motifs is 3. The van der Waals surface area contributed by atoms with E-state index in [0.717, 1.165) is 9.79 Å². The average molecular weight is 378 g/mol. The van der Waals surface area contributed by atoms with E-state index in [2.05, 4.69) is 23.2 Å². The first-order valence-corrected chi connectivity index (χ1v) is 10.3. The lowest BCUT2D eigenvalue weighted by molar-refractivity contribution is 0.0217. The van der Waals surface area contributed by atoms with Gasteiger partial charge in [0, 0.05) is 27.4 Å². The van der Waals surface area contributed by atoms with E-state index in [4.69, 9.17) is 5.26 Å². The summed E-state index contributed by atoms with van der Waals surface area (Å²) in [5.41, 5.74) is 1.37. The number of nitriles is 1. The molecule has 3 fully saturated rings. The van der Waals surface area contributed by atoms with Gasteiger partial charge in [0.25, 0.3) is 5.91 Å². The summed E-state index contributed by atoms with van der Waals surface area (Å²) in [5.74, 6) is 0.635. The molecule has 1 amide bonds. The molecule has 5 heteroatoms. The zero-order chi connectivity index (χ0) is 18.8. The van der Waals surface area contributed by atoms with E-state index in [1.165, 1.54) is 25.9 Å². The first-order valence-electron chi connectivity index (χ1n) is 9.47. The van der Waals surface area contributed by atoms with E-state index in [9.17, 15) is 4.79 Å². The Labute approximate surface area is 164 Å². The van der Waals surface area contributed by atoms with E-state index in [1.54, 1.807) is 11.8 Å². The number of carbonyl (C=O) groups excluding carboxylic acids is 1. The van der Waals surface area contributed by atoms with Gasteiger partial charge in [-0.05, 0) is 87.3 Å². The number of piperidine rings is 3. The Morgan fingerprint density at radius 1 is 1.07 bits per heavy atom. The molecule has 0 saturated carbocycles. The van der Waals surface area contributed by atoms with Gasteiger partial charge in [0.15, 0.2) is 0 Å². The van der Waals surface area contributed by atoms with Crippen LogP contribution in [0.3, 0.4) is 0 Å². The molecule has 2 aromatic carbocycles. The Hall–Kier alpha value is -2.29. The minimum Gasteiger partial charge on any atom is -0.347 e. The molecule has 2 aromatic rings. The van der Waals surface area contributed by atoms with E-state index in [0.29, 0.717) is 23.1 Å². The predicted octanol–water partition coefficient (Wildman–Crippen LogP) is 3.92. The molecule has 3 aliphatic rings. The molecule has 4 nitrogen and oxygen atoms in total. The van der Waals surface area contributed by atoms with Gasteiger partial charge >= 0.3 is 0 Å². The first kappa shape index (κ1) is 18.1. The SMILES string of the molecule is C[C@H]1[C@H](NC(=O)c2ccc(Sc3ccc(C#N)cc3)cc2)C2CCN1CC2. The lowest BCUT2D eigenvalue weighted by Crippen LogP contribution is -2.62. The van der Waals surface area contributed by atoms with Crippen molar-refractivity contribution in [3.63, 3.8) is 0 Å². The molecule has 5 rings (SSSR count). The maximum absolute atomic E-state index is 12.7. The minimum absolute atomic E-state index is 0.0236. The Bertz CT molecular complexity index is 847. The van der Waals surface area contributed by atoms with Gasteiger partial charge in [-0.3, -0.25) is 9.69 Å². The standard InChI is InChI=1S/C22H23N3OS/c1-15-21(17-10-12-25(15)13-11-17)24-22(26)18-4-8-20(9-5-18)27-19-6-2-16(14-23)3-7-19/h2-9,15,17,21H,10-13H2,1H3,(H,24,26)/t15-,21-/m0/s1. The fraction of sp³-hybridized carbons (Fsp3) is 0.364. The number of hydrogen-bond acceptors (Lipinski definition) is 4. The molecule has 138 valence electrons. The highest BCUT2D eigenvalue weighted by Crippen LogP contribution is 2.32. The van der Waals surface area contributed by atoms with Gasteiger partial charge in [-0.15, -0.1) is 0 Å². The maximum atomic E-state index is 12.7. The van der Waals surface area contributed by atoms with E-state index >= 15 is 0 Å². The summed E-state index contributed by atoms with van der Waals surface area (Å²) in [6, 6.07) is 18.1. The summed E-state index contributed by atoms with van der Waals surface area (Å²) < 4.78 is 0. The van der Waals surface area contributed by atoms with Crippen molar-refractivity contribution < 1.29 is 4.79 Å². The maximum Gasteiger partial charge on any atom is 0.251 e. The van der Waals surface area contributed by atoms with Gasteiger partial charge < -0.3 is 5.32 Å². The second-order valence-corrected chi connectivity index (χ2v) is 8.52. The van der Waals surface area contributed by atoms with Gasteiger partial charge in [-0.25, -0.2) is 0 Å². The second-order valence-electron chi connectivity index (χ2n) is 7.38. The van der Waals surface area contributed by atoms with Crippen molar-refractivity contribution in [3.8, 4) is 6.07 Å². The lowest BCUT2D eigenvalue weighted by Gasteiger charge is -2.49. The summed E-state index contributed by atoms with van der Waals surface area (Å²) in [4.78, 5) is 17.3. The zero-order valence-electron chi connectivity index (χ0n) is 15.4. The van der Waals surface area contributed by atoms with Gasteiger partial charge in [0.1, 0.15) is 0 Å². The number of nitrogens with zero attached hydrogens (tertiary/aromatic N) is 2. The number of rotatable bonds is 4. The first-order chi connectivity index (χ1) is 13.1. The third-order valence-corrected chi connectivity index (χ3v) is 6.83. The van der Waals surface area contributed by atoms with Crippen molar-refractivity contribution in [1.82, 2.24) is 10.2 Å². The monoisotopic (exact) mass is 377 g/mol. The summed E-state index contributed by atoms with van der Waals surface area (Å²) in [6.45, 7) is 4.56. The Morgan fingerprint density at radius 2 is 1.67 bits per heavy atom. The second kappa shape index (κ2) is 7.75. The van der Waals surface area contributed by atoms with E-state index in [-0.39, 0.29) is 11.9 Å². The van der Waals surface area contributed by atoms with Crippen LogP contribution in [0.5, 0.6) is 0 Å². The number of benzene rings is 2. The molecule has 0 spiro atoms. The number of hydrogen-bond donors (Lipinski definition) is 1. The number of carbonyl (C=O) groups is 1. The van der Waals surface area contributed by atoms with Gasteiger partial charge in [-0.1, -0.05) is 11.8 Å². The van der Waals surface area contributed by atoms with Crippen molar-refractivity contribution >= 4 is 17.7 Å². The highest BCUT2D eigenvalue weighted by atomic mass is 32.2. The molecular weight excluding hydrogens is 354 g/mol. The van der Waals surface area contributed by atoms with Crippen LogP contribution < -0.4 is 5.32 Å². The minimum atomic E-state index is 0.0236. The highest BCUT2D eigenvalue weighted by Gasteiger charge is 2.40. The summed E-state index contributed by atoms with van der Waals surface area (Å²) in [5, 5.41) is 12.2. The van der Waals surface area contributed by atoms with E-state index < -0.39 is 0 Å². The fourth-order valence-electron chi connectivity index (χ4n) is 4.19. The van der Waals surface area contributed by atoms with Gasteiger partial charge in [0.05, 0.1) is 11.6 Å². The molecule has 0 aliphatic carbocycles. The van der Waals surface area contributed by atoms with Crippen molar-refractivity contribution in [3.05, 3.63) is 59.7 Å². The molecule has 0 aromatic heterocycles. The average Bonchev–Trinajstić information content (AvgIpc) is 2.72. The summed E-state index contributed by atoms with van der Waals surface area (Å²) >= 11 is 1.63. The molecule has 3 saturated heterocycles. The van der Waals surface area contributed by atoms with Crippen LogP contribution in [-0.4, -0.2) is 36.0 Å². The Balaban J connectivity index is 1.39. The predicted molar refractivity (Wildman–Crippen MR) is 107 cm³/mol. The van der Waals surface area contributed by atoms with Crippen LogP contribution in [-0.2, 0) is 0 Å². The van der Waals surface area contributed by atoms with Crippen molar-refractivity contribution in [2.24, 2.45) is 5.92 Å². The normalized spacial score (nSPS) is 26.4. The third-order valence-electron chi connectivity index (χ3n) is 5.81. The number of amides is 1. The van der Waals surface area contributed by atoms with Gasteiger partial charge in [0.2, 0.25) is 0 Å². The molecule has 2 bridgehead atoms. The van der Waals surface area contributed by atoms with Crippen LogP contribution in [0.15, 0.2) is 58.3 Å². The van der Waals surface area contributed by atoms with Crippen LogP contribution in [0.2, 0.25) is 0 Å². The van der Waals surface area contributed by atoms with Crippen molar-refractivity contribution in [2.45, 2.75) is 41.6 Å². The molecule has 2 atom stereocenters. The summed E-state index contributed by atoms with van der Waals surface area (Å²) in [6.07, 6.45) is 2.38. The van der Waals surface area contributed by atoms with Crippen LogP contribution >= 0.6 is 11.8 Å². The molecule has 1 N–H and O–H groups in total. The van der Waals surface area contributed by atoms with Crippen LogP contribution in [0.1, 0.15) is 35.7 Å². The molecule has 3 heterocycles. The topological polar surface area (TPSA) is 56.1 Å². The van der Waals surface area contributed by atoms with Crippen LogP contribution in [0.25, 0.3) is 0 Å². The quantitative estimate of drug-likeness (QED) is 0.877. The third kappa shape index (κ3) is 3.87. The molecule has 3 aliphatic heterocycles. The van der Waals surface area contributed by atoms with E-state index in [1.807, 2.05) is 48.5 Å².